The van der Waals surface area contributed by atoms with E-state index in [0.717, 1.165) is 18.7 Å². The van der Waals surface area contributed by atoms with Crippen LogP contribution in [-0.2, 0) is 16.4 Å². The van der Waals surface area contributed by atoms with Gasteiger partial charge in [0.2, 0.25) is 10.0 Å². The van der Waals surface area contributed by atoms with E-state index in [4.69, 9.17) is 0 Å². The van der Waals surface area contributed by atoms with E-state index in [1.807, 2.05) is 30.3 Å². The van der Waals surface area contributed by atoms with E-state index in [0.29, 0.717) is 25.2 Å². The summed E-state index contributed by atoms with van der Waals surface area (Å²) in [7, 11) is -1.62. The molecule has 0 spiro atoms. The summed E-state index contributed by atoms with van der Waals surface area (Å²) in [6.07, 6.45) is 1.59. The van der Waals surface area contributed by atoms with Crippen LogP contribution in [0.25, 0.3) is 0 Å². The van der Waals surface area contributed by atoms with Crippen molar-refractivity contribution in [3.05, 3.63) is 54.1 Å². The molecular formula is C21H28N4O3S. The normalized spacial score (nSPS) is 13.4. The van der Waals surface area contributed by atoms with Crippen LogP contribution in [0.4, 0.5) is 21.9 Å². The molecule has 1 aliphatic heterocycles. The lowest BCUT2D eigenvalue weighted by Gasteiger charge is -2.20. The maximum Gasteiger partial charge on any atom is 0.319 e. The van der Waals surface area contributed by atoms with Crippen molar-refractivity contribution in [3.8, 4) is 0 Å². The average Bonchev–Trinajstić information content (AvgIpc) is 3.15. The zero-order chi connectivity index (χ0) is 20.9. The number of benzene rings is 2. The standard InChI is InChI=1S/C21H28N4O3S/c1-3-29(27,28)24(2)15-6-14-22-21(26)23-18-9-11-19(12-10-18)25-16-13-17-7-4-5-8-20(17)25/h4-5,7-12H,3,6,13-16H2,1-2H3,(H2,22,23,26). The summed E-state index contributed by atoms with van der Waals surface area (Å²) < 4.78 is 24.7. The number of nitrogens with one attached hydrogen (secondary N) is 2. The summed E-state index contributed by atoms with van der Waals surface area (Å²) in [5.74, 6) is 0.0798. The van der Waals surface area contributed by atoms with Gasteiger partial charge in [0, 0.05) is 43.7 Å². The number of amides is 2. The Hall–Kier alpha value is -2.58. The monoisotopic (exact) mass is 416 g/mol. The minimum atomic E-state index is -3.18. The first-order valence-electron chi connectivity index (χ1n) is 9.85. The molecule has 3 rings (SSSR count). The van der Waals surface area contributed by atoms with Crippen LogP contribution in [0.15, 0.2) is 48.5 Å². The van der Waals surface area contributed by atoms with Crippen molar-refractivity contribution in [2.24, 2.45) is 0 Å². The van der Waals surface area contributed by atoms with Gasteiger partial charge in [-0.05, 0) is 55.7 Å². The summed E-state index contributed by atoms with van der Waals surface area (Å²) >= 11 is 0. The van der Waals surface area contributed by atoms with Gasteiger partial charge in [-0.1, -0.05) is 18.2 Å². The van der Waals surface area contributed by atoms with Crippen LogP contribution >= 0.6 is 0 Å². The Labute approximate surface area is 172 Å². The van der Waals surface area contributed by atoms with E-state index in [-0.39, 0.29) is 11.8 Å². The number of urea groups is 1. The van der Waals surface area contributed by atoms with Crippen LogP contribution in [-0.4, -0.2) is 51.2 Å². The number of carbonyl (C=O) groups is 1. The first-order chi connectivity index (χ1) is 13.9. The molecule has 2 N–H and O–H groups in total. The Morgan fingerprint density at radius 1 is 1.14 bits per heavy atom. The van der Waals surface area contributed by atoms with E-state index >= 15 is 0 Å². The molecule has 1 heterocycles. The zero-order valence-corrected chi connectivity index (χ0v) is 17.7. The zero-order valence-electron chi connectivity index (χ0n) is 16.9. The molecule has 2 aromatic carbocycles. The number of rotatable bonds is 8. The molecule has 29 heavy (non-hydrogen) atoms. The van der Waals surface area contributed by atoms with Crippen LogP contribution in [0, 0.1) is 0 Å². The smallest absolute Gasteiger partial charge is 0.319 e. The van der Waals surface area contributed by atoms with Crippen molar-refractivity contribution in [1.29, 1.82) is 0 Å². The van der Waals surface area contributed by atoms with Crippen LogP contribution in [0.5, 0.6) is 0 Å². The van der Waals surface area contributed by atoms with Crippen molar-refractivity contribution in [1.82, 2.24) is 9.62 Å². The molecule has 156 valence electrons. The molecule has 0 fully saturated rings. The fourth-order valence-electron chi connectivity index (χ4n) is 3.37. The van der Waals surface area contributed by atoms with Crippen LogP contribution in [0.1, 0.15) is 18.9 Å². The van der Waals surface area contributed by atoms with Crippen molar-refractivity contribution in [3.63, 3.8) is 0 Å². The van der Waals surface area contributed by atoms with Crippen molar-refractivity contribution < 1.29 is 13.2 Å². The largest absolute Gasteiger partial charge is 0.341 e. The second-order valence-corrected chi connectivity index (χ2v) is 9.40. The Bertz CT molecular complexity index is 945. The van der Waals surface area contributed by atoms with Crippen LogP contribution in [0.3, 0.4) is 0 Å². The van der Waals surface area contributed by atoms with Gasteiger partial charge in [-0.2, -0.15) is 0 Å². The maximum atomic E-state index is 12.1. The average molecular weight is 417 g/mol. The number of hydrogen-bond acceptors (Lipinski definition) is 4. The highest BCUT2D eigenvalue weighted by Crippen LogP contribution is 2.34. The van der Waals surface area contributed by atoms with E-state index < -0.39 is 10.0 Å². The first-order valence-corrected chi connectivity index (χ1v) is 11.5. The molecule has 2 amide bonds. The summed E-state index contributed by atoms with van der Waals surface area (Å²) in [5.41, 5.74) is 4.40. The molecule has 0 saturated carbocycles. The molecule has 7 nitrogen and oxygen atoms in total. The molecular weight excluding hydrogens is 388 g/mol. The molecule has 0 atom stereocenters. The quantitative estimate of drug-likeness (QED) is 0.648. The minimum absolute atomic E-state index is 0.0798. The number of fused-ring (bicyclic) bond motifs is 1. The highest BCUT2D eigenvalue weighted by Gasteiger charge is 2.19. The van der Waals surface area contributed by atoms with Crippen LogP contribution in [0.2, 0.25) is 0 Å². The van der Waals surface area contributed by atoms with Crippen molar-refractivity contribution in [2.75, 3.05) is 42.7 Å². The fourth-order valence-corrected chi connectivity index (χ4v) is 4.22. The molecule has 0 unspecified atom stereocenters. The molecule has 1 aliphatic rings. The third-order valence-corrected chi connectivity index (χ3v) is 6.96. The van der Waals surface area contributed by atoms with Gasteiger partial charge >= 0.3 is 6.03 Å². The highest BCUT2D eigenvalue weighted by molar-refractivity contribution is 7.89. The Balaban J connectivity index is 1.46. The fraction of sp³-hybridized carbons (Fsp3) is 0.381. The SMILES string of the molecule is CCS(=O)(=O)N(C)CCCNC(=O)Nc1ccc(N2CCc3ccccc32)cc1. The summed E-state index contributed by atoms with van der Waals surface area (Å²) in [6, 6.07) is 15.9. The van der Waals surface area contributed by atoms with Crippen molar-refractivity contribution in [2.45, 2.75) is 19.8 Å². The second-order valence-electron chi connectivity index (χ2n) is 7.03. The molecule has 8 heteroatoms. The lowest BCUT2D eigenvalue weighted by Crippen LogP contribution is -2.34. The van der Waals surface area contributed by atoms with E-state index in [1.165, 1.54) is 15.6 Å². The minimum Gasteiger partial charge on any atom is -0.341 e. The Kier molecular flexibility index (Phi) is 6.76. The lowest BCUT2D eigenvalue weighted by atomic mass is 10.2. The molecule has 0 aliphatic carbocycles. The Morgan fingerprint density at radius 3 is 2.59 bits per heavy atom. The van der Waals surface area contributed by atoms with Crippen LogP contribution < -0.4 is 15.5 Å². The van der Waals surface area contributed by atoms with Gasteiger partial charge < -0.3 is 15.5 Å². The number of para-hydroxylation sites is 1. The van der Waals surface area contributed by atoms with E-state index in [1.54, 1.807) is 14.0 Å². The van der Waals surface area contributed by atoms with Gasteiger partial charge in [0.05, 0.1) is 5.75 Å². The number of hydrogen-bond donors (Lipinski definition) is 2. The summed E-state index contributed by atoms with van der Waals surface area (Å²) in [4.78, 5) is 14.3. The van der Waals surface area contributed by atoms with Gasteiger partial charge in [0.15, 0.2) is 0 Å². The first kappa shape index (κ1) is 21.1. The predicted molar refractivity (Wildman–Crippen MR) is 117 cm³/mol. The number of nitrogens with zero attached hydrogens (tertiary/aromatic N) is 2. The van der Waals surface area contributed by atoms with Crippen molar-refractivity contribution >= 4 is 33.1 Å². The molecule has 0 bridgehead atoms. The van der Waals surface area contributed by atoms with Gasteiger partial charge in [-0.3, -0.25) is 0 Å². The topological polar surface area (TPSA) is 81.8 Å². The van der Waals surface area contributed by atoms with E-state index in [2.05, 4.69) is 33.7 Å². The second kappa shape index (κ2) is 9.28. The number of carbonyl (C=O) groups excluding carboxylic acids is 1. The third kappa shape index (κ3) is 5.27. The van der Waals surface area contributed by atoms with Gasteiger partial charge in [0.25, 0.3) is 0 Å². The molecule has 0 saturated heterocycles. The highest BCUT2D eigenvalue weighted by atomic mass is 32.2. The molecule has 0 aromatic heterocycles. The van der Waals surface area contributed by atoms with Gasteiger partial charge in [-0.15, -0.1) is 0 Å². The molecule has 0 radical (unpaired) electrons. The van der Waals surface area contributed by atoms with Gasteiger partial charge in [-0.25, -0.2) is 17.5 Å². The summed E-state index contributed by atoms with van der Waals surface area (Å²) in [5, 5.41) is 5.56. The third-order valence-electron chi connectivity index (χ3n) is 5.10. The van der Waals surface area contributed by atoms with Gasteiger partial charge in [0.1, 0.15) is 0 Å². The molecule has 2 aromatic rings. The maximum absolute atomic E-state index is 12.1. The number of sulfonamides is 1. The number of anilines is 3. The predicted octanol–water partition coefficient (Wildman–Crippen LogP) is 3.17. The lowest BCUT2D eigenvalue weighted by molar-refractivity contribution is 0.251. The Morgan fingerprint density at radius 2 is 1.86 bits per heavy atom. The van der Waals surface area contributed by atoms with E-state index in [9.17, 15) is 13.2 Å². The summed E-state index contributed by atoms with van der Waals surface area (Å²) in [6.45, 7) is 3.35.